The maximum absolute atomic E-state index is 14.7. The van der Waals surface area contributed by atoms with Crippen molar-refractivity contribution >= 4 is 38.0 Å². The van der Waals surface area contributed by atoms with Crippen LogP contribution >= 0.6 is 11.3 Å². The van der Waals surface area contributed by atoms with E-state index >= 15 is 0 Å². The van der Waals surface area contributed by atoms with Gasteiger partial charge in [0.1, 0.15) is 16.4 Å². The van der Waals surface area contributed by atoms with Crippen LogP contribution in [0.5, 0.6) is 5.75 Å². The molecule has 0 spiro atoms. The molecule has 0 unspecified atom stereocenters. The predicted octanol–water partition coefficient (Wildman–Crippen LogP) is 2.84. The molecule has 0 aliphatic rings. The third-order valence-electron chi connectivity index (χ3n) is 5.07. The van der Waals surface area contributed by atoms with Crippen LogP contribution in [0.4, 0.5) is 13.2 Å². The van der Waals surface area contributed by atoms with E-state index in [4.69, 9.17) is 4.74 Å². The Labute approximate surface area is 197 Å². The molecule has 0 aliphatic carbocycles. The molecule has 2 N–H and O–H groups in total. The molecule has 35 heavy (non-hydrogen) atoms. The van der Waals surface area contributed by atoms with Crippen LogP contribution in [0.15, 0.2) is 50.2 Å². The number of ether oxygens (including phenoxy) is 1. The highest BCUT2D eigenvalue weighted by Gasteiger charge is 2.26. The summed E-state index contributed by atoms with van der Waals surface area (Å²) in [4.78, 5) is 38.2. The van der Waals surface area contributed by atoms with Gasteiger partial charge in [-0.1, -0.05) is 0 Å². The minimum absolute atomic E-state index is 0.0866. The topological polar surface area (TPSA) is 136 Å². The van der Waals surface area contributed by atoms with Crippen molar-refractivity contribution in [3.8, 4) is 11.4 Å². The van der Waals surface area contributed by atoms with Crippen molar-refractivity contribution in [2.45, 2.75) is 10.6 Å². The van der Waals surface area contributed by atoms with Gasteiger partial charge < -0.3 is 14.8 Å². The lowest BCUT2D eigenvalue weighted by Gasteiger charge is -2.12. The van der Waals surface area contributed by atoms with Gasteiger partial charge in [0.25, 0.3) is 5.56 Å². The Morgan fingerprint density at radius 1 is 1.14 bits per heavy atom. The highest BCUT2D eigenvalue weighted by Crippen LogP contribution is 2.29. The minimum Gasteiger partial charge on any atom is -0.496 e. The quantitative estimate of drug-likeness (QED) is 0.369. The molecule has 4 aromatic rings. The van der Waals surface area contributed by atoms with Gasteiger partial charge in [-0.3, -0.25) is 4.79 Å². The number of halogens is 3. The highest BCUT2D eigenvalue weighted by atomic mass is 32.2. The Bertz CT molecular complexity index is 1740. The van der Waals surface area contributed by atoms with Crippen molar-refractivity contribution < 1.29 is 36.2 Å². The number of thiophene rings is 1. The molecule has 2 heterocycles. The maximum atomic E-state index is 14.7. The van der Waals surface area contributed by atoms with Crippen LogP contribution < -0.4 is 16.0 Å². The molecule has 0 saturated heterocycles. The van der Waals surface area contributed by atoms with Crippen molar-refractivity contribution in [2.75, 3.05) is 7.11 Å². The number of sulfone groups is 1. The number of H-pyrrole nitrogens is 1. The second-order valence-electron chi connectivity index (χ2n) is 7.14. The number of aromatic amines is 1. The van der Waals surface area contributed by atoms with E-state index in [-0.39, 0.29) is 15.8 Å². The van der Waals surface area contributed by atoms with E-state index in [2.05, 4.69) is 4.98 Å². The van der Waals surface area contributed by atoms with Crippen molar-refractivity contribution in [3.63, 3.8) is 0 Å². The number of hydrogen-bond acceptors (Lipinski definition) is 7. The third kappa shape index (κ3) is 4.10. The van der Waals surface area contributed by atoms with Gasteiger partial charge in [0.2, 0.25) is 0 Å². The summed E-state index contributed by atoms with van der Waals surface area (Å²) in [5.74, 6) is -6.71. The van der Waals surface area contributed by atoms with E-state index in [9.17, 15) is 41.1 Å². The van der Waals surface area contributed by atoms with Crippen molar-refractivity contribution in [2.24, 2.45) is 0 Å². The first-order chi connectivity index (χ1) is 16.5. The Hall–Kier alpha value is -3.91. The first kappa shape index (κ1) is 24.2. The zero-order chi connectivity index (χ0) is 25.7. The van der Waals surface area contributed by atoms with Gasteiger partial charge in [-0.15, -0.1) is 11.3 Å². The molecule has 4 rings (SSSR count). The summed E-state index contributed by atoms with van der Waals surface area (Å²) in [7, 11) is -3.36. The zero-order valence-electron chi connectivity index (χ0n) is 17.5. The molecule has 0 saturated carbocycles. The number of carboxylic acids is 1. The van der Waals surface area contributed by atoms with Crippen LogP contribution in [-0.2, 0) is 15.6 Å². The van der Waals surface area contributed by atoms with Crippen molar-refractivity contribution in [3.05, 3.63) is 84.4 Å². The molecule has 182 valence electrons. The largest absolute Gasteiger partial charge is 0.496 e. The number of carbonyl (C=O) groups is 1. The van der Waals surface area contributed by atoms with E-state index in [0.717, 1.165) is 25.3 Å². The van der Waals surface area contributed by atoms with Crippen LogP contribution in [0.2, 0.25) is 0 Å². The number of hydrogen-bond donors (Lipinski definition) is 2. The summed E-state index contributed by atoms with van der Waals surface area (Å²) in [5.41, 5.74) is -3.82. The predicted molar refractivity (Wildman–Crippen MR) is 119 cm³/mol. The lowest BCUT2D eigenvalue weighted by Crippen LogP contribution is -2.34. The van der Waals surface area contributed by atoms with E-state index in [1.54, 1.807) is 0 Å². The second kappa shape index (κ2) is 8.70. The molecular formula is C21H13F3N2O7S2. The monoisotopic (exact) mass is 526 g/mol. The molecule has 2 aromatic heterocycles. The zero-order valence-corrected chi connectivity index (χ0v) is 19.1. The summed E-state index contributed by atoms with van der Waals surface area (Å²) in [6, 6.07) is 3.95. The summed E-state index contributed by atoms with van der Waals surface area (Å²) >= 11 is 0.666. The average Bonchev–Trinajstić information content (AvgIpc) is 3.22. The van der Waals surface area contributed by atoms with Crippen LogP contribution in [0.1, 0.15) is 15.2 Å². The number of methoxy groups -OCH3 is 1. The Morgan fingerprint density at radius 3 is 2.49 bits per heavy atom. The average molecular weight is 526 g/mol. The first-order valence-electron chi connectivity index (χ1n) is 9.49. The summed E-state index contributed by atoms with van der Waals surface area (Å²) < 4.78 is 73.9. The number of benzene rings is 2. The van der Waals surface area contributed by atoms with Gasteiger partial charge in [0.15, 0.2) is 21.5 Å². The van der Waals surface area contributed by atoms with Gasteiger partial charge in [0.05, 0.1) is 34.3 Å². The second-order valence-corrected chi connectivity index (χ2v) is 10.0. The summed E-state index contributed by atoms with van der Waals surface area (Å²) in [5, 5.41) is 10.1. The molecule has 0 atom stereocenters. The lowest BCUT2D eigenvalue weighted by atomic mass is 10.2. The number of rotatable bonds is 6. The normalized spacial score (nSPS) is 11.7. The van der Waals surface area contributed by atoms with E-state index in [0.29, 0.717) is 23.5 Å². The Morgan fingerprint density at radius 2 is 1.83 bits per heavy atom. The van der Waals surface area contributed by atoms with Crippen LogP contribution in [0.25, 0.3) is 16.6 Å². The minimum atomic E-state index is -4.48. The number of aromatic carboxylic acids is 1. The SMILES string of the molecule is COc1ccc(F)c(F)c1CS(=O)(=O)c1ccc(F)c(-n2c(=O)[nH]c3csc(C(=O)O)c3c2=O)c1. The Kier molecular flexibility index (Phi) is 6.02. The molecule has 0 bridgehead atoms. The van der Waals surface area contributed by atoms with Crippen LogP contribution in [0, 0.1) is 17.5 Å². The van der Waals surface area contributed by atoms with E-state index < -0.39 is 76.7 Å². The molecule has 0 aliphatic heterocycles. The van der Waals surface area contributed by atoms with Gasteiger partial charge in [-0.2, -0.15) is 0 Å². The number of fused-ring (bicyclic) bond motifs is 1. The van der Waals surface area contributed by atoms with Crippen molar-refractivity contribution in [1.29, 1.82) is 0 Å². The van der Waals surface area contributed by atoms with Gasteiger partial charge in [-0.05, 0) is 30.3 Å². The fraction of sp³-hybridized carbons (Fsp3) is 0.0952. The smallest absolute Gasteiger partial charge is 0.346 e. The molecule has 14 heteroatoms. The number of nitrogens with zero attached hydrogens (tertiary/aromatic N) is 1. The molecule has 9 nitrogen and oxygen atoms in total. The van der Waals surface area contributed by atoms with Crippen LogP contribution in [-0.4, -0.2) is 36.2 Å². The summed E-state index contributed by atoms with van der Waals surface area (Å²) in [6.45, 7) is 0. The third-order valence-corrected chi connectivity index (χ3v) is 7.68. The van der Waals surface area contributed by atoms with Crippen LogP contribution in [0.3, 0.4) is 0 Å². The Balaban J connectivity index is 1.90. The molecule has 0 radical (unpaired) electrons. The molecule has 2 aromatic carbocycles. The molecule has 0 fully saturated rings. The number of nitrogens with one attached hydrogen (secondary N) is 1. The van der Waals surface area contributed by atoms with E-state index in [1.165, 1.54) is 5.38 Å². The van der Waals surface area contributed by atoms with Gasteiger partial charge >= 0.3 is 11.7 Å². The standard InChI is InChI=1S/C21H13F3N2O7S2/c1-33-15-5-4-12(23)17(24)10(15)8-35(31,32)9-2-3-11(22)14(6-9)26-19(27)16-13(25-21(26)30)7-34-18(16)20(28)29/h2-7H,8H2,1H3,(H,25,30)(H,28,29). The van der Waals surface area contributed by atoms with E-state index in [1.807, 2.05) is 0 Å². The fourth-order valence-corrected chi connectivity index (χ4v) is 5.66. The van der Waals surface area contributed by atoms with Gasteiger partial charge in [0, 0.05) is 10.9 Å². The first-order valence-corrected chi connectivity index (χ1v) is 12.0. The fourth-order valence-electron chi connectivity index (χ4n) is 3.44. The molecule has 0 amide bonds. The number of carboxylic acid groups (broad SMARTS) is 1. The highest BCUT2D eigenvalue weighted by molar-refractivity contribution is 7.90. The van der Waals surface area contributed by atoms with Gasteiger partial charge in [-0.25, -0.2) is 35.7 Å². The summed E-state index contributed by atoms with van der Waals surface area (Å²) in [6.07, 6.45) is 0. The maximum Gasteiger partial charge on any atom is 0.346 e. The van der Waals surface area contributed by atoms with Crippen molar-refractivity contribution in [1.82, 2.24) is 9.55 Å². The number of aromatic nitrogens is 2. The molecular weight excluding hydrogens is 513 g/mol. The lowest BCUT2D eigenvalue weighted by molar-refractivity contribution is 0.0704.